The molecule has 0 fully saturated rings. The van der Waals surface area contributed by atoms with E-state index in [0.29, 0.717) is 122 Å². The first kappa shape index (κ1) is 48.7. The second-order valence-electron chi connectivity index (χ2n) is 14.5. The summed E-state index contributed by atoms with van der Waals surface area (Å²) in [5, 5.41) is 19.3. The third kappa shape index (κ3) is 10.3. The van der Waals surface area contributed by atoms with E-state index >= 15 is 0 Å². The lowest BCUT2D eigenvalue weighted by molar-refractivity contribution is 0.0939. The Kier molecular flexibility index (Phi) is 15.5. The van der Waals surface area contributed by atoms with Gasteiger partial charge in [0.1, 0.15) is 0 Å². The molecule has 0 saturated heterocycles. The summed E-state index contributed by atoms with van der Waals surface area (Å²) in [5.74, 6) is -0.621. The van der Waals surface area contributed by atoms with Crippen LogP contribution >= 0.6 is 101 Å². The van der Waals surface area contributed by atoms with Crippen molar-refractivity contribution in [3.8, 4) is 32.5 Å². The van der Waals surface area contributed by atoms with E-state index in [1.54, 1.807) is 51.0 Å². The van der Waals surface area contributed by atoms with Crippen molar-refractivity contribution in [1.82, 2.24) is 35.1 Å². The number of carbonyl (C=O) groups excluding carboxylic acids is 2. The van der Waals surface area contributed by atoms with Crippen molar-refractivity contribution >= 4 is 133 Å². The fourth-order valence-corrected chi connectivity index (χ4v) is 13.8. The van der Waals surface area contributed by atoms with Gasteiger partial charge in [0.25, 0.3) is 11.8 Å². The molecule has 25 heteroatoms. The highest BCUT2D eigenvalue weighted by Crippen LogP contribution is 2.49. The molecule has 338 valence electrons. The fourth-order valence-electron chi connectivity index (χ4n) is 7.54. The van der Waals surface area contributed by atoms with Crippen LogP contribution in [0.2, 0.25) is 20.1 Å². The van der Waals surface area contributed by atoms with Gasteiger partial charge in [0, 0.05) is 44.1 Å². The number of thiophene rings is 2. The molecule has 8 rings (SSSR count). The van der Waals surface area contributed by atoms with E-state index in [1.165, 1.54) is 5.56 Å². The highest BCUT2D eigenvalue weighted by Gasteiger charge is 2.36. The van der Waals surface area contributed by atoms with Gasteiger partial charge in [-0.25, -0.2) is 9.36 Å². The van der Waals surface area contributed by atoms with Crippen molar-refractivity contribution in [3.05, 3.63) is 104 Å². The number of fused-ring (bicyclic) bond motifs is 6. The first-order chi connectivity index (χ1) is 30.3. The lowest BCUT2D eigenvalue weighted by atomic mass is 9.94. The van der Waals surface area contributed by atoms with E-state index < -0.39 is 20.7 Å². The van der Waals surface area contributed by atoms with Crippen molar-refractivity contribution in [2.45, 2.75) is 42.7 Å². The number of carbonyl (C=O) groups is 2. The van der Waals surface area contributed by atoms with Crippen LogP contribution in [0.3, 0.4) is 0 Å². The average molecular weight is 1160 g/mol. The van der Waals surface area contributed by atoms with Gasteiger partial charge in [0.2, 0.25) is 0 Å². The second-order valence-corrected chi connectivity index (χ2v) is 21.7. The van der Waals surface area contributed by atoms with Gasteiger partial charge in [-0.3, -0.25) is 14.1 Å². The minimum absolute atomic E-state index is 0.203. The average Bonchev–Trinajstić information content (AvgIpc) is 4.00. The zero-order chi connectivity index (χ0) is 46.2. The van der Waals surface area contributed by atoms with Crippen molar-refractivity contribution in [1.29, 1.82) is 0 Å². The van der Waals surface area contributed by atoms with Crippen LogP contribution in [0.4, 0.5) is 0 Å². The van der Waals surface area contributed by atoms with Crippen LogP contribution in [0.15, 0.2) is 54.9 Å². The quantitative estimate of drug-likeness (QED) is 0.0736. The molecule has 6 aromatic rings. The van der Waals surface area contributed by atoms with Gasteiger partial charge in [0.15, 0.2) is 15.6 Å². The molecule has 2 amide bonds. The van der Waals surface area contributed by atoms with E-state index in [-0.39, 0.29) is 21.7 Å². The molecule has 64 heavy (non-hydrogen) atoms. The third-order valence-electron chi connectivity index (χ3n) is 10.3. The Morgan fingerprint density at radius 1 is 0.781 bits per heavy atom. The normalized spacial score (nSPS) is 12.8. The summed E-state index contributed by atoms with van der Waals surface area (Å²) < 4.78 is 64.1. The Morgan fingerprint density at radius 2 is 1.23 bits per heavy atom. The summed E-state index contributed by atoms with van der Waals surface area (Å²) >= 11 is 35.1. The maximum Gasteiger partial charge on any atom is 0.425 e. The molecule has 4 heterocycles. The lowest BCUT2D eigenvalue weighted by Crippen LogP contribution is -2.31. The predicted octanol–water partition coefficient (Wildman–Crippen LogP) is 8.97. The number of amides is 2. The van der Waals surface area contributed by atoms with Crippen LogP contribution in [0.25, 0.3) is 32.5 Å². The molecule has 2 aliphatic rings. The van der Waals surface area contributed by atoms with Gasteiger partial charge in [-0.2, -0.15) is 18.6 Å². The highest BCUT2D eigenvalue weighted by atomic mass is 79.9. The number of nitrogens with zero attached hydrogens (tertiary/aromatic N) is 5. The van der Waals surface area contributed by atoms with Crippen molar-refractivity contribution < 1.29 is 35.2 Å². The Hall–Kier alpha value is -3.19. The van der Waals surface area contributed by atoms with E-state index in [4.69, 9.17) is 69.2 Å². The summed E-state index contributed by atoms with van der Waals surface area (Å²) in [4.78, 5) is 31.1. The van der Waals surface area contributed by atoms with Gasteiger partial charge in [0.05, 0.1) is 47.0 Å². The SMILES string of the molecule is CN(CCCNC(=O)c1nn(-c2ccc(Cl)cc2Cl)c2c1CCc1c(Br)csc1-2)CCCNC(=O)c1nn(-c2ccc(Cl)cc2Cl)c2c1CCc1c-2sc(S(=O)(=O)O)c1Br.O=S(=O)=O. The number of benzene rings is 2. The Balaban J connectivity index is 0.00000147. The Labute approximate surface area is 413 Å². The summed E-state index contributed by atoms with van der Waals surface area (Å²) in [6.45, 7) is 2.21. The van der Waals surface area contributed by atoms with Crippen molar-refractivity contribution in [2.24, 2.45) is 0 Å². The first-order valence-electron chi connectivity index (χ1n) is 19.1. The first-order valence-corrected chi connectivity index (χ1v) is 26.3. The van der Waals surface area contributed by atoms with Gasteiger partial charge in [-0.1, -0.05) is 46.4 Å². The fraction of sp³-hybridized carbons (Fsp3) is 0.282. The van der Waals surface area contributed by atoms with Gasteiger partial charge < -0.3 is 15.5 Å². The smallest absolute Gasteiger partial charge is 0.351 e. The number of aromatic nitrogens is 4. The standard InChI is InChI=1S/C39H33Br2Cl4N7O5S3.O3S/c1-50(14-2-12-46-37(53)31-23-8-6-21-25(40)18-58-35(21)33(23)51(48-31)28-10-4-19(42)16-26(28)44)15-3-13-47-38(54)32-24-9-7-22-30(41)39(60(55,56)57)59-36(22)34(24)52(49-32)29-11-5-20(43)17-27(29)45;1-4(2)3/h4-5,10-11,16-18H,2-3,6-9,12-15H2,1H3,(H,46,53)(H,47,54)(H,55,56,57);. The minimum Gasteiger partial charge on any atom is -0.351 e. The van der Waals surface area contributed by atoms with E-state index in [0.717, 1.165) is 38.4 Å². The number of halogens is 6. The van der Waals surface area contributed by atoms with Crippen LogP contribution in [0, 0.1) is 0 Å². The molecule has 0 radical (unpaired) electrons. The number of rotatable bonds is 13. The van der Waals surface area contributed by atoms with Gasteiger partial charge >= 0.3 is 20.7 Å². The van der Waals surface area contributed by atoms with E-state index in [2.05, 4.69) is 52.8 Å². The predicted molar refractivity (Wildman–Crippen MR) is 255 cm³/mol. The Bertz CT molecular complexity index is 3060. The molecule has 15 nitrogen and oxygen atoms in total. The minimum atomic E-state index is -4.51. The topological polar surface area (TPSA) is 203 Å². The largest absolute Gasteiger partial charge is 0.425 e. The zero-order valence-corrected chi connectivity index (χ0v) is 42.5. The second kappa shape index (κ2) is 20.4. The number of hydrogen-bond donors (Lipinski definition) is 3. The van der Waals surface area contributed by atoms with Crippen LogP contribution in [0.1, 0.15) is 56.1 Å². The monoisotopic (exact) mass is 1150 g/mol. The molecule has 0 bridgehead atoms. The molecule has 4 aromatic heterocycles. The molecule has 2 aliphatic carbocycles. The molecule has 3 N–H and O–H groups in total. The molecule has 0 atom stereocenters. The summed E-state index contributed by atoms with van der Waals surface area (Å²) in [7, 11) is -5.64. The lowest BCUT2D eigenvalue weighted by Gasteiger charge is -2.17. The molecule has 0 aliphatic heterocycles. The van der Waals surface area contributed by atoms with Crippen LogP contribution < -0.4 is 10.6 Å². The van der Waals surface area contributed by atoms with E-state index in [1.807, 2.05) is 13.1 Å². The molecule has 0 unspecified atom stereocenters. The maximum atomic E-state index is 13.7. The molecule has 0 spiro atoms. The van der Waals surface area contributed by atoms with Crippen molar-refractivity contribution in [3.63, 3.8) is 0 Å². The number of nitrogens with one attached hydrogen (secondary N) is 2. The summed E-state index contributed by atoms with van der Waals surface area (Å²) in [5.41, 5.74) is 6.50. The zero-order valence-electron chi connectivity index (χ0n) is 33.1. The van der Waals surface area contributed by atoms with Crippen LogP contribution in [-0.4, -0.2) is 95.1 Å². The van der Waals surface area contributed by atoms with Crippen molar-refractivity contribution in [2.75, 3.05) is 33.2 Å². The molecule has 0 saturated carbocycles. The molecule has 2 aromatic carbocycles. The maximum absolute atomic E-state index is 13.7. The highest BCUT2D eigenvalue weighted by molar-refractivity contribution is 9.11. The van der Waals surface area contributed by atoms with Gasteiger partial charge in [-0.15, -0.1) is 35.3 Å². The van der Waals surface area contributed by atoms with Crippen LogP contribution in [-0.2, 0) is 46.4 Å². The Morgan fingerprint density at radius 3 is 1.70 bits per heavy atom. The number of hydrogen-bond acceptors (Lipinski definition) is 12. The summed E-state index contributed by atoms with van der Waals surface area (Å²) in [6, 6.07) is 10.1. The van der Waals surface area contributed by atoms with Gasteiger partial charge in [-0.05, 0) is 138 Å². The third-order valence-corrected chi connectivity index (χ3v) is 17.5. The summed E-state index contributed by atoms with van der Waals surface area (Å²) in [6.07, 6.45) is 3.63. The van der Waals surface area contributed by atoms with E-state index in [9.17, 15) is 22.6 Å². The molecular weight excluding hydrogens is 1120 g/mol. The van der Waals surface area contributed by atoms with Crippen LogP contribution in [0.5, 0.6) is 0 Å². The molecular formula is C39H33Br2Cl4N7O8S4.